The maximum absolute atomic E-state index is 9.76. The van der Waals surface area contributed by atoms with E-state index in [9.17, 15) is 5.26 Å². The van der Waals surface area contributed by atoms with Gasteiger partial charge in [-0.25, -0.2) is 0 Å². The minimum absolute atomic E-state index is 0.116. The number of aromatic amines is 1. The van der Waals surface area contributed by atoms with E-state index < -0.39 is 0 Å². The highest BCUT2D eigenvalue weighted by Crippen LogP contribution is 2.45. The molecule has 3 aromatic rings. The largest absolute Gasteiger partial charge is 0.420 e. The fraction of sp³-hybridized carbons (Fsp3) is 0.238. The predicted molar refractivity (Wildman–Crippen MR) is 101 cm³/mol. The zero-order valence-electron chi connectivity index (χ0n) is 15.0. The van der Waals surface area contributed by atoms with Crippen molar-refractivity contribution in [1.82, 2.24) is 10.2 Å². The molecule has 0 aliphatic carbocycles. The number of nitrogens with one attached hydrogen (secondary N) is 1. The standard InChI is InChI=1S/C21H20N4O/c1-21(2,3)18-17-16(15(11-22)19(23)26-20(17)25-24-18)14-9-8-12-6-4-5-7-13(12)10-14/h4-10,16H,23H2,1-3H3,(H,24,25)/t16-/m1/s1. The number of aromatic nitrogens is 2. The second-order valence-electron chi connectivity index (χ2n) is 7.60. The molecule has 1 aliphatic rings. The fourth-order valence-corrected chi connectivity index (χ4v) is 3.54. The molecule has 0 amide bonds. The first kappa shape index (κ1) is 16.2. The van der Waals surface area contributed by atoms with Crippen LogP contribution in [0.1, 0.15) is 43.5 Å². The maximum Gasteiger partial charge on any atom is 0.244 e. The van der Waals surface area contributed by atoms with Gasteiger partial charge < -0.3 is 10.5 Å². The number of allylic oxidation sites excluding steroid dienone is 1. The normalized spacial score (nSPS) is 16.9. The lowest BCUT2D eigenvalue weighted by Crippen LogP contribution is -2.23. The van der Waals surface area contributed by atoms with Crippen LogP contribution < -0.4 is 10.5 Å². The summed E-state index contributed by atoms with van der Waals surface area (Å²) in [5.74, 6) is 0.260. The average Bonchev–Trinajstić information content (AvgIpc) is 3.03. The summed E-state index contributed by atoms with van der Waals surface area (Å²) in [6, 6.07) is 16.6. The van der Waals surface area contributed by atoms with Gasteiger partial charge in [-0.3, -0.25) is 5.10 Å². The topological polar surface area (TPSA) is 87.7 Å². The van der Waals surface area contributed by atoms with Gasteiger partial charge in [0.1, 0.15) is 11.6 Å². The van der Waals surface area contributed by atoms with Gasteiger partial charge in [-0.2, -0.15) is 5.26 Å². The maximum atomic E-state index is 9.76. The summed E-state index contributed by atoms with van der Waals surface area (Å²) in [4.78, 5) is 0. The van der Waals surface area contributed by atoms with Crippen LogP contribution in [0.15, 0.2) is 53.9 Å². The average molecular weight is 344 g/mol. The van der Waals surface area contributed by atoms with Gasteiger partial charge in [-0.05, 0) is 16.3 Å². The van der Waals surface area contributed by atoms with E-state index >= 15 is 0 Å². The van der Waals surface area contributed by atoms with E-state index in [0.29, 0.717) is 11.5 Å². The molecule has 26 heavy (non-hydrogen) atoms. The molecule has 0 fully saturated rings. The summed E-state index contributed by atoms with van der Waals surface area (Å²) in [5.41, 5.74) is 9.12. The van der Waals surface area contributed by atoms with Crippen LogP contribution in [0.4, 0.5) is 0 Å². The number of fused-ring (bicyclic) bond motifs is 2. The summed E-state index contributed by atoms with van der Waals surface area (Å²) in [6.07, 6.45) is 0. The summed E-state index contributed by atoms with van der Waals surface area (Å²) in [6.45, 7) is 6.31. The van der Waals surface area contributed by atoms with Gasteiger partial charge in [0.15, 0.2) is 0 Å². The van der Waals surface area contributed by atoms with Crippen LogP contribution in [0.25, 0.3) is 10.8 Å². The van der Waals surface area contributed by atoms with Gasteiger partial charge in [0.2, 0.25) is 11.8 Å². The molecule has 130 valence electrons. The van der Waals surface area contributed by atoms with Gasteiger partial charge in [0, 0.05) is 11.1 Å². The van der Waals surface area contributed by atoms with Gasteiger partial charge in [-0.1, -0.05) is 63.2 Å². The van der Waals surface area contributed by atoms with E-state index in [1.54, 1.807) is 0 Å². The number of H-pyrrole nitrogens is 1. The quantitative estimate of drug-likeness (QED) is 0.696. The van der Waals surface area contributed by atoms with Crippen LogP contribution in [0.3, 0.4) is 0 Å². The molecule has 5 heteroatoms. The minimum atomic E-state index is -0.304. The summed E-state index contributed by atoms with van der Waals surface area (Å²) < 4.78 is 5.64. The van der Waals surface area contributed by atoms with E-state index in [4.69, 9.17) is 10.5 Å². The molecule has 0 radical (unpaired) electrons. The minimum Gasteiger partial charge on any atom is -0.420 e. The molecule has 3 N–H and O–H groups in total. The molecule has 1 atom stereocenters. The molecule has 1 aromatic heterocycles. The van der Waals surface area contributed by atoms with Gasteiger partial charge in [0.05, 0.1) is 11.5 Å². The van der Waals surface area contributed by atoms with Crippen LogP contribution in [0.5, 0.6) is 5.88 Å². The number of hydrogen-bond donors (Lipinski definition) is 2. The Bertz CT molecular complexity index is 1080. The Balaban J connectivity index is 1.98. The van der Waals surface area contributed by atoms with Crippen molar-refractivity contribution < 1.29 is 4.74 Å². The Kier molecular flexibility index (Phi) is 3.52. The lowest BCUT2D eigenvalue weighted by Gasteiger charge is -2.27. The molecule has 2 heterocycles. The lowest BCUT2D eigenvalue weighted by atomic mass is 9.78. The molecular weight excluding hydrogens is 324 g/mol. The number of nitriles is 1. The third kappa shape index (κ3) is 2.42. The third-order valence-corrected chi connectivity index (χ3v) is 4.80. The van der Waals surface area contributed by atoms with Crippen molar-refractivity contribution >= 4 is 10.8 Å². The van der Waals surface area contributed by atoms with E-state index in [1.807, 2.05) is 18.2 Å². The first-order valence-corrected chi connectivity index (χ1v) is 8.55. The van der Waals surface area contributed by atoms with Crippen LogP contribution in [-0.2, 0) is 5.41 Å². The molecule has 0 saturated heterocycles. The van der Waals surface area contributed by atoms with Gasteiger partial charge in [-0.15, -0.1) is 5.10 Å². The van der Waals surface area contributed by atoms with Crippen molar-refractivity contribution in [2.75, 3.05) is 0 Å². The second-order valence-corrected chi connectivity index (χ2v) is 7.60. The lowest BCUT2D eigenvalue weighted by molar-refractivity contribution is 0.378. The Labute approximate surface area is 152 Å². The van der Waals surface area contributed by atoms with Crippen molar-refractivity contribution in [2.24, 2.45) is 5.73 Å². The first-order valence-electron chi connectivity index (χ1n) is 8.55. The van der Waals surface area contributed by atoms with Crippen LogP contribution >= 0.6 is 0 Å². The molecule has 0 saturated carbocycles. The molecule has 0 spiro atoms. The van der Waals surface area contributed by atoms with Crippen LogP contribution in [0.2, 0.25) is 0 Å². The van der Waals surface area contributed by atoms with Crippen LogP contribution in [0, 0.1) is 11.3 Å². The summed E-state index contributed by atoms with van der Waals surface area (Å²) >= 11 is 0. The third-order valence-electron chi connectivity index (χ3n) is 4.80. The molecule has 0 bridgehead atoms. The fourth-order valence-electron chi connectivity index (χ4n) is 3.54. The molecule has 1 aliphatic heterocycles. The number of hydrogen-bond acceptors (Lipinski definition) is 4. The smallest absolute Gasteiger partial charge is 0.244 e. The number of rotatable bonds is 1. The molecule has 0 unspecified atom stereocenters. The van der Waals surface area contributed by atoms with E-state index in [-0.39, 0.29) is 17.2 Å². The zero-order chi connectivity index (χ0) is 18.5. The Morgan fingerprint density at radius 1 is 1.15 bits per heavy atom. The van der Waals surface area contributed by atoms with E-state index in [0.717, 1.165) is 27.6 Å². The first-order chi connectivity index (χ1) is 12.4. The van der Waals surface area contributed by atoms with Crippen molar-refractivity contribution in [3.63, 3.8) is 0 Å². The highest BCUT2D eigenvalue weighted by atomic mass is 16.5. The van der Waals surface area contributed by atoms with E-state index in [2.05, 4.69) is 61.3 Å². The monoisotopic (exact) mass is 344 g/mol. The zero-order valence-corrected chi connectivity index (χ0v) is 15.0. The van der Waals surface area contributed by atoms with Crippen molar-refractivity contribution in [2.45, 2.75) is 32.1 Å². The number of benzene rings is 2. The molecule has 5 nitrogen and oxygen atoms in total. The predicted octanol–water partition coefficient (Wildman–Crippen LogP) is 4.08. The Morgan fingerprint density at radius 2 is 1.88 bits per heavy atom. The van der Waals surface area contributed by atoms with Gasteiger partial charge >= 0.3 is 0 Å². The van der Waals surface area contributed by atoms with Crippen molar-refractivity contribution in [3.8, 4) is 11.9 Å². The molecule has 4 rings (SSSR count). The summed E-state index contributed by atoms with van der Waals surface area (Å²) in [7, 11) is 0. The highest BCUT2D eigenvalue weighted by molar-refractivity contribution is 5.83. The SMILES string of the molecule is CC(C)(C)c1[nH]nc2c1[C@H](c1ccc3ccccc3c1)C(C#N)=C(N)O2. The van der Waals surface area contributed by atoms with Crippen molar-refractivity contribution in [3.05, 3.63) is 70.7 Å². The van der Waals surface area contributed by atoms with Gasteiger partial charge in [0.25, 0.3) is 0 Å². The molecular formula is C21H20N4O. The van der Waals surface area contributed by atoms with Crippen molar-refractivity contribution in [1.29, 1.82) is 5.26 Å². The van der Waals surface area contributed by atoms with E-state index in [1.165, 1.54) is 0 Å². The number of nitrogens with two attached hydrogens (primary N) is 1. The van der Waals surface area contributed by atoms with Crippen LogP contribution in [-0.4, -0.2) is 10.2 Å². The Hall–Kier alpha value is -3.26. The molecule has 2 aromatic carbocycles. The number of nitrogens with zero attached hydrogens (tertiary/aromatic N) is 2. The Morgan fingerprint density at radius 3 is 2.58 bits per heavy atom. The number of ether oxygens (including phenoxy) is 1. The second kappa shape index (κ2) is 5.63. The summed E-state index contributed by atoms with van der Waals surface area (Å²) in [5, 5.41) is 19.4. The highest BCUT2D eigenvalue weighted by Gasteiger charge is 2.37.